The molecule has 0 amide bonds. The molecule has 2 aliphatic rings. The molecule has 1 N–H and O–H groups in total. The monoisotopic (exact) mass is 637 g/mol. The fraction of sp³-hybridized carbons (Fsp3) is 0.486. The van der Waals surface area contributed by atoms with E-state index < -0.39 is 18.0 Å². The zero-order valence-electron chi connectivity index (χ0n) is 26.6. The van der Waals surface area contributed by atoms with Crippen molar-refractivity contribution in [3.8, 4) is 22.8 Å². The zero-order valence-corrected chi connectivity index (χ0v) is 27.4. The molecule has 1 fully saturated rings. The number of benzene rings is 2. The topological polar surface area (TPSA) is 93.6 Å². The summed E-state index contributed by atoms with van der Waals surface area (Å²) < 4.78 is 23.2. The number of aliphatic carboxylic acids is 1. The molecule has 1 aromatic heterocycles. The van der Waals surface area contributed by atoms with Crippen LogP contribution in [0.5, 0.6) is 11.5 Å². The second-order valence-electron chi connectivity index (χ2n) is 11.7. The minimum Gasteiger partial charge on any atom is -0.496 e. The Morgan fingerprint density at radius 2 is 1.96 bits per heavy atom. The number of pyridine rings is 1. The normalized spacial score (nSPS) is 19.2. The van der Waals surface area contributed by atoms with E-state index in [0.29, 0.717) is 42.9 Å². The molecule has 9 nitrogen and oxygen atoms in total. The summed E-state index contributed by atoms with van der Waals surface area (Å²) in [4.78, 5) is 21.2. The molecule has 3 atom stereocenters. The standard InChI is InChI=1S/C35H44ClN3O6/c1-5-25(14-17-42-2)38-15-12-24-18-23(19-31(43-3)28(24)20-38)22-45-34-26(8-6-9-29(34)36)30-10-7-11-33(37-30)39-16-13-27(35(40)41)32(21-39)44-4/h6-11,18-19,25,27,32H,5,12-17,20-22H2,1-4H3,(H,40,41)/t25?,27-,32+/m0/s1. The van der Waals surface area contributed by atoms with Gasteiger partial charge in [-0.1, -0.05) is 36.7 Å². The van der Waals surface area contributed by atoms with Crippen molar-refractivity contribution in [2.75, 3.05) is 52.5 Å². The van der Waals surface area contributed by atoms with Crippen molar-refractivity contribution < 1.29 is 28.8 Å². The van der Waals surface area contributed by atoms with Gasteiger partial charge in [-0.05, 0) is 67.1 Å². The first kappa shape index (κ1) is 33.0. The summed E-state index contributed by atoms with van der Waals surface area (Å²) in [5, 5.41) is 10.1. The Balaban J connectivity index is 1.34. The van der Waals surface area contributed by atoms with Crippen molar-refractivity contribution in [2.45, 2.75) is 57.9 Å². The largest absolute Gasteiger partial charge is 0.496 e. The van der Waals surface area contributed by atoms with E-state index in [1.54, 1.807) is 21.3 Å². The quantitative estimate of drug-likeness (QED) is 0.239. The van der Waals surface area contributed by atoms with E-state index in [9.17, 15) is 9.90 Å². The van der Waals surface area contributed by atoms with Crippen LogP contribution in [-0.4, -0.2) is 80.7 Å². The van der Waals surface area contributed by atoms with Gasteiger partial charge in [0.05, 0.1) is 29.8 Å². The summed E-state index contributed by atoms with van der Waals surface area (Å²) in [6.45, 7) is 6.22. The first-order valence-corrected chi connectivity index (χ1v) is 16.1. The molecule has 5 rings (SSSR count). The van der Waals surface area contributed by atoms with Crippen LogP contribution in [-0.2, 0) is 33.8 Å². The van der Waals surface area contributed by atoms with Gasteiger partial charge in [-0.2, -0.15) is 0 Å². The Morgan fingerprint density at radius 3 is 2.69 bits per heavy atom. The smallest absolute Gasteiger partial charge is 0.309 e. The fourth-order valence-electron chi connectivity index (χ4n) is 6.60. The Labute approximate surface area is 271 Å². The van der Waals surface area contributed by atoms with Crippen molar-refractivity contribution in [3.63, 3.8) is 0 Å². The molecule has 1 unspecified atom stereocenters. The maximum absolute atomic E-state index is 11.7. The van der Waals surface area contributed by atoms with Gasteiger partial charge in [0.15, 0.2) is 0 Å². The highest BCUT2D eigenvalue weighted by atomic mass is 35.5. The number of anilines is 1. The highest BCUT2D eigenvalue weighted by Gasteiger charge is 2.35. The number of nitrogens with zero attached hydrogens (tertiary/aromatic N) is 3. The van der Waals surface area contributed by atoms with E-state index in [2.05, 4.69) is 28.9 Å². The number of fused-ring (bicyclic) bond motifs is 1. The second-order valence-corrected chi connectivity index (χ2v) is 12.1. The van der Waals surface area contributed by atoms with Crippen LogP contribution in [0, 0.1) is 5.92 Å². The number of para-hydroxylation sites is 1. The molecule has 0 radical (unpaired) electrons. The number of ether oxygens (including phenoxy) is 4. The van der Waals surface area contributed by atoms with Gasteiger partial charge >= 0.3 is 5.97 Å². The van der Waals surface area contributed by atoms with E-state index in [4.69, 9.17) is 35.5 Å². The number of rotatable bonds is 13. The maximum Gasteiger partial charge on any atom is 0.309 e. The molecule has 2 aliphatic heterocycles. The molecule has 45 heavy (non-hydrogen) atoms. The molecule has 0 aliphatic carbocycles. The molecule has 2 aromatic carbocycles. The van der Waals surface area contributed by atoms with Gasteiger partial charge < -0.3 is 29.0 Å². The van der Waals surface area contributed by atoms with Crippen LogP contribution in [0.1, 0.15) is 42.9 Å². The van der Waals surface area contributed by atoms with Gasteiger partial charge in [-0.15, -0.1) is 0 Å². The van der Waals surface area contributed by atoms with E-state index in [-0.39, 0.29) is 0 Å². The lowest BCUT2D eigenvalue weighted by molar-refractivity contribution is -0.147. The minimum absolute atomic E-state index is 0.327. The Kier molecular flexibility index (Phi) is 11.2. The van der Waals surface area contributed by atoms with Gasteiger partial charge in [0.25, 0.3) is 0 Å². The summed E-state index contributed by atoms with van der Waals surface area (Å²) in [5.74, 6) is 0.843. The lowest BCUT2D eigenvalue weighted by Crippen LogP contribution is -2.47. The molecule has 0 spiro atoms. The first-order chi connectivity index (χ1) is 21.9. The van der Waals surface area contributed by atoms with Gasteiger partial charge in [0, 0.05) is 64.2 Å². The molecule has 1 saturated heterocycles. The van der Waals surface area contributed by atoms with Gasteiger partial charge in [-0.3, -0.25) is 9.69 Å². The van der Waals surface area contributed by atoms with Crippen LogP contribution in [0.15, 0.2) is 48.5 Å². The SMILES string of the molecule is CCC(CCOC)N1CCc2cc(COc3c(Cl)cccc3-c3cccc(N4CC[C@H](C(=O)O)[C@H](OC)C4)n3)cc(OC)c2C1. The highest BCUT2D eigenvalue weighted by molar-refractivity contribution is 6.32. The summed E-state index contributed by atoms with van der Waals surface area (Å²) in [7, 11) is 5.05. The number of aromatic nitrogens is 1. The van der Waals surface area contributed by atoms with Crippen molar-refractivity contribution >= 4 is 23.4 Å². The predicted molar refractivity (Wildman–Crippen MR) is 175 cm³/mol. The molecule has 3 heterocycles. The summed E-state index contributed by atoms with van der Waals surface area (Å²) >= 11 is 6.71. The minimum atomic E-state index is -0.828. The predicted octanol–water partition coefficient (Wildman–Crippen LogP) is 6.09. The van der Waals surface area contributed by atoms with Crippen molar-refractivity contribution in [1.82, 2.24) is 9.88 Å². The number of piperidine rings is 1. The third-order valence-electron chi connectivity index (χ3n) is 9.12. The van der Waals surface area contributed by atoms with Crippen LogP contribution in [0.4, 0.5) is 5.82 Å². The number of carboxylic acids is 1. The van der Waals surface area contributed by atoms with Crippen LogP contribution < -0.4 is 14.4 Å². The van der Waals surface area contributed by atoms with Gasteiger partial charge in [0.2, 0.25) is 0 Å². The van der Waals surface area contributed by atoms with Crippen molar-refractivity contribution in [2.24, 2.45) is 5.92 Å². The molecule has 3 aromatic rings. The Hall–Kier alpha value is -3.37. The first-order valence-electron chi connectivity index (χ1n) is 15.7. The van der Waals surface area contributed by atoms with Crippen molar-refractivity contribution in [3.05, 3.63) is 70.2 Å². The number of methoxy groups -OCH3 is 3. The third kappa shape index (κ3) is 7.55. The molecular weight excluding hydrogens is 594 g/mol. The van der Waals surface area contributed by atoms with Gasteiger partial charge in [0.1, 0.15) is 23.9 Å². The van der Waals surface area contributed by atoms with E-state index in [0.717, 1.165) is 67.3 Å². The van der Waals surface area contributed by atoms with Crippen LogP contribution in [0.3, 0.4) is 0 Å². The fourth-order valence-corrected chi connectivity index (χ4v) is 6.83. The average molecular weight is 638 g/mol. The van der Waals surface area contributed by atoms with Crippen LogP contribution in [0.2, 0.25) is 5.02 Å². The number of carboxylic acid groups (broad SMARTS) is 1. The molecule has 0 bridgehead atoms. The van der Waals surface area contributed by atoms with Crippen molar-refractivity contribution in [1.29, 1.82) is 0 Å². The molecule has 10 heteroatoms. The van der Waals surface area contributed by atoms with E-state index >= 15 is 0 Å². The molecule has 242 valence electrons. The number of hydrogen-bond acceptors (Lipinski definition) is 8. The lowest BCUT2D eigenvalue weighted by Gasteiger charge is -2.36. The highest BCUT2D eigenvalue weighted by Crippen LogP contribution is 2.38. The van der Waals surface area contributed by atoms with Crippen LogP contribution >= 0.6 is 11.6 Å². The second kappa shape index (κ2) is 15.3. The zero-order chi connectivity index (χ0) is 31.9. The summed E-state index contributed by atoms with van der Waals surface area (Å²) in [6, 6.07) is 16.3. The number of carbonyl (C=O) groups is 1. The molecule has 0 saturated carbocycles. The Bertz CT molecular complexity index is 1450. The maximum atomic E-state index is 11.7. The van der Waals surface area contributed by atoms with E-state index in [1.807, 2.05) is 36.4 Å². The van der Waals surface area contributed by atoms with E-state index in [1.165, 1.54) is 11.1 Å². The Morgan fingerprint density at radius 1 is 1.13 bits per heavy atom. The number of hydrogen-bond donors (Lipinski definition) is 1. The molecular formula is C35H44ClN3O6. The van der Waals surface area contributed by atoms with Gasteiger partial charge in [-0.25, -0.2) is 4.98 Å². The summed E-state index contributed by atoms with van der Waals surface area (Å²) in [6.07, 6.45) is 3.13. The number of halogens is 1. The third-order valence-corrected chi connectivity index (χ3v) is 9.41. The summed E-state index contributed by atoms with van der Waals surface area (Å²) in [5.41, 5.74) is 5.06. The average Bonchev–Trinajstić information content (AvgIpc) is 3.07. The lowest BCUT2D eigenvalue weighted by atomic mass is 9.94. The van der Waals surface area contributed by atoms with Crippen LogP contribution in [0.25, 0.3) is 11.3 Å².